The van der Waals surface area contributed by atoms with Gasteiger partial charge in [-0.3, -0.25) is 10.1 Å². The standard InChI is InChI=1S/C14H12Cl2N2O2/c1-9-2-5-12(7-14(9)18(19)20)17-8-10-3-4-11(15)6-13(10)16/h2-7,17H,8H2,1H3. The van der Waals surface area contributed by atoms with Gasteiger partial charge in [-0.1, -0.05) is 35.3 Å². The first kappa shape index (κ1) is 14.6. The van der Waals surface area contributed by atoms with Crippen molar-refractivity contribution in [2.75, 3.05) is 5.32 Å². The number of aryl methyl sites for hydroxylation is 1. The topological polar surface area (TPSA) is 55.2 Å². The van der Waals surface area contributed by atoms with E-state index in [2.05, 4.69) is 5.32 Å². The van der Waals surface area contributed by atoms with Crippen LogP contribution in [0.3, 0.4) is 0 Å². The molecule has 6 heteroatoms. The summed E-state index contributed by atoms with van der Waals surface area (Å²) in [5, 5.41) is 15.1. The first-order valence-corrected chi connectivity index (χ1v) is 6.66. The fourth-order valence-corrected chi connectivity index (χ4v) is 2.25. The molecule has 0 saturated heterocycles. The van der Waals surface area contributed by atoms with E-state index in [9.17, 15) is 10.1 Å². The van der Waals surface area contributed by atoms with Gasteiger partial charge in [-0.05, 0) is 30.7 Å². The maximum absolute atomic E-state index is 10.9. The van der Waals surface area contributed by atoms with E-state index in [0.29, 0.717) is 27.8 Å². The predicted molar refractivity (Wildman–Crippen MR) is 81.6 cm³/mol. The molecule has 0 aliphatic heterocycles. The van der Waals surface area contributed by atoms with Crippen LogP contribution >= 0.6 is 23.2 Å². The second-order valence-corrected chi connectivity index (χ2v) is 5.19. The highest BCUT2D eigenvalue weighted by Crippen LogP contribution is 2.25. The lowest BCUT2D eigenvalue weighted by molar-refractivity contribution is -0.385. The lowest BCUT2D eigenvalue weighted by Crippen LogP contribution is -2.01. The van der Waals surface area contributed by atoms with Crippen molar-refractivity contribution in [3.8, 4) is 0 Å². The summed E-state index contributed by atoms with van der Waals surface area (Å²) in [7, 11) is 0. The molecular formula is C14H12Cl2N2O2. The molecule has 0 radical (unpaired) electrons. The molecule has 1 N–H and O–H groups in total. The molecule has 0 aliphatic carbocycles. The fraction of sp³-hybridized carbons (Fsp3) is 0.143. The smallest absolute Gasteiger partial charge is 0.274 e. The molecular weight excluding hydrogens is 299 g/mol. The van der Waals surface area contributed by atoms with E-state index in [-0.39, 0.29) is 5.69 Å². The van der Waals surface area contributed by atoms with Crippen LogP contribution in [0.2, 0.25) is 10.0 Å². The van der Waals surface area contributed by atoms with Gasteiger partial charge in [0.05, 0.1) is 4.92 Å². The third-order valence-corrected chi connectivity index (χ3v) is 3.49. The average Bonchev–Trinajstić information content (AvgIpc) is 2.39. The summed E-state index contributed by atoms with van der Waals surface area (Å²) >= 11 is 11.9. The number of nitrogens with zero attached hydrogens (tertiary/aromatic N) is 1. The Morgan fingerprint density at radius 2 is 1.95 bits per heavy atom. The van der Waals surface area contributed by atoms with Crippen LogP contribution in [0.4, 0.5) is 11.4 Å². The van der Waals surface area contributed by atoms with Crippen LogP contribution in [0.15, 0.2) is 36.4 Å². The molecule has 0 spiro atoms. The summed E-state index contributed by atoms with van der Waals surface area (Å²) in [4.78, 5) is 10.5. The summed E-state index contributed by atoms with van der Waals surface area (Å²) in [6, 6.07) is 10.3. The maximum atomic E-state index is 10.9. The maximum Gasteiger partial charge on any atom is 0.274 e. The van der Waals surface area contributed by atoms with Crippen LogP contribution < -0.4 is 5.32 Å². The van der Waals surface area contributed by atoms with E-state index >= 15 is 0 Å². The number of benzene rings is 2. The molecule has 0 heterocycles. The molecule has 0 unspecified atom stereocenters. The number of nitrogens with one attached hydrogen (secondary N) is 1. The number of nitro groups is 1. The number of hydrogen-bond donors (Lipinski definition) is 1. The number of halogens is 2. The van der Waals surface area contributed by atoms with Gasteiger partial charge in [-0.25, -0.2) is 0 Å². The van der Waals surface area contributed by atoms with Crippen LogP contribution in [0, 0.1) is 17.0 Å². The van der Waals surface area contributed by atoms with Gasteiger partial charge in [0.2, 0.25) is 0 Å². The molecule has 0 atom stereocenters. The minimum atomic E-state index is -0.393. The van der Waals surface area contributed by atoms with Gasteiger partial charge in [0.25, 0.3) is 5.69 Å². The number of rotatable bonds is 4. The van der Waals surface area contributed by atoms with Crippen molar-refractivity contribution in [2.24, 2.45) is 0 Å². The van der Waals surface area contributed by atoms with E-state index < -0.39 is 4.92 Å². The first-order valence-electron chi connectivity index (χ1n) is 5.90. The Labute approximate surface area is 126 Å². The zero-order valence-corrected chi connectivity index (χ0v) is 12.2. The third-order valence-electron chi connectivity index (χ3n) is 2.90. The Bertz CT molecular complexity index is 660. The highest BCUT2D eigenvalue weighted by Gasteiger charge is 2.11. The lowest BCUT2D eigenvalue weighted by atomic mass is 10.1. The molecule has 104 valence electrons. The zero-order chi connectivity index (χ0) is 14.7. The molecule has 0 fully saturated rings. The highest BCUT2D eigenvalue weighted by molar-refractivity contribution is 6.35. The number of nitro benzene ring substituents is 1. The van der Waals surface area contributed by atoms with Crippen molar-refractivity contribution in [1.29, 1.82) is 0 Å². The molecule has 0 saturated carbocycles. The van der Waals surface area contributed by atoms with Crippen molar-refractivity contribution in [3.63, 3.8) is 0 Å². The van der Waals surface area contributed by atoms with Crippen LogP contribution in [0.5, 0.6) is 0 Å². The second-order valence-electron chi connectivity index (χ2n) is 4.35. The third kappa shape index (κ3) is 3.40. The van der Waals surface area contributed by atoms with Gasteiger partial charge >= 0.3 is 0 Å². The van der Waals surface area contributed by atoms with Crippen molar-refractivity contribution in [2.45, 2.75) is 13.5 Å². The molecule has 0 aromatic heterocycles. The monoisotopic (exact) mass is 310 g/mol. The van der Waals surface area contributed by atoms with Crippen molar-refractivity contribution in [3.05, 3.63) is 67.7 Å². The molecule has 2 rings (SSSR count). The minimum absolute atomic E-state index is 0.0946. The highest BCUT2D eigenvalue weighted by atomic mass is 35.5. The van der Waals surface area contributed by atoms with Crippen LogP contribution in [0.25, 0.3) is 0 Å². The molecule has 4 nitrogen and oxygen atoms in total. The molecule has 0 amide bonds. The van der Waals surface area contributed by atoms with E-state index in [1.54, 1.807) is 31.2 Å². The van der Waals surface area contributed by atoms with Gasteiger partial charge in [0.15, 0.2) is 0 Å². The lowest BCUT2D eigenvalue weighted by Gasteiger charge is -2.09. The summed E-state index contributed by atoms with van der Waals surface area (Å²) in [5.74, 6) is 0. The van der Waals surface area contributed by atoms with Gasteiger partial charge in [-0.15, -0.1) is 0 Å². The molecule has 0 aliphatic rings. The van der Waals surface area contributed by atoms with Crippen LogP contribution in [0.1, 0.15) is 11.1 Å². The van der Waals surface area contributed by atoms with Gasteiger partial charge in [0, 0.05) is 33.9 Å². The largest absolute Gasteiger partial charge is 0.381 e. The van der Waals surface area contributed by atoms with Crippen LogP contribution in [-0.2, 0) is 6.54 Å². The Morgan fingerprint density at radius 3 is 2.60 bits per heavy atom. The fourth-order valence-electron chi connectivity index (χ4n) is 1.78. The van der Waals surface area contributed by atoms with Gasteiger partial charge in [-0.2, -0.15) is 0 Å². The summed E-state index contributed by atoms with van der Waals surface area (Å²) in [5.41, 5.74) is 2.27. The average molecular weight is 311 g/mol. The summed E-state index contributed by atoms with van der Waals surface area (Å²) in [6.45, 7) is 2.17. The SMILES string of the molecule is Cc1ccc(NCc2ccc(Cl)cc2Cl)cc1[N+](=O)[O-]. The quantitative estimate of drug-likeness (QED) is 0.650. The minimum Gasteiger partial charge on any atom is -0.381 e. The molecule has 2 aromatic rings. The number of hydrogen-bond acceptors (Lipinski definition) is 3. The Morgan fingerprint density at radius 1 is 1.20 bits per heavy atom. The van der Waals surface area contributed by atoms with Gasteiger partial charge in [0.1, 0.15) is 0 Å². The van der Waals surface area contributed by atoms with Crippen molar-refractivity contribution >= 4 is 34.6 Å². The molecule has 2 aromatic carbocycles. The van der Waals surface area contributed by atoms with E-state index in [1.165, 1.54) is 6.07 Å². The molecule has 0 bridgehead atoms. The van der Waals surface area contributed by atoms with E-state index in [0.717, 1.165) is 5.56 Å². The second kappa shape index (κ2) is 6.11. The normalized spacial score (nSPS) is 10.3. The predicted octanol–water partition coefficient (Wildman–Crippen LogP) is 4.82. The van der Waals surface area contributed by atoms with Gasteiger partial charge < -0.3 is 5.32 Å². The number of anilines is 1. The van der Waals surface area contributed by atoms with E-state index in [1.807, 2.05) is 6.07 Å². The first-order chi connectivity index (χ1) is 9.47. The summed E-state index contributed by atoms with van der Waals surface area (Å²) in [6.07, 6.45) is 0. The Balaban J connectivity index is 2.15. The zero-order valence-electron chi connectivity index (χ0n) is 10.7. The summed E-state index contributed by atoms with van der Waals surface area (Å²) < 4.78 is 0. The van der Waals surface area contributed by atoms with Crippen molar-refractivity contribution in [1.82, 2.24) is 0 Å². The van der Waals surface area contributed by atoms with Crippen molar-refractivity contribution < 1.29 is 4.92 Å². The Kier molecular flexibility index (Phi) is 4.47. The van der Waals surface area contributed by atoms with E-state index in [4.69, 9.17) is 23.2 Å². The Hall–Kier alpha value is -1.78. The molecule has 20 heavy (non-hydrogen) atoms. The van der Waals surface area contributed by atoms with Crippen LogP contribution in [-0.4, -0.2) is 4.92 Å².